The molecular weight excluding hydrogens is 448 g/mol. The van der Waals surface area contributed by atoms with Crippen LogP contribution in [0.2, 0.25) is 0 Å². The molecular formula is C27H34N2O6. The van der Waals surface area contributed by atoms with Gasteiger partial charge in [0.15, 0.2) is 6.10 Å². The third-order valence-electron chi connectivity index (χ3n) is 5.66. The molecule has 2 aromatic carbocycles. The number of nitrogens with one attached hydrogen (secondary N) is 1. The number of carbonyl (C=O) groups is 3. The zero-order chi connectivity index (χ0) is 25.4. The molecule has 2 unspecified atom stereocenters. The Morgan fingerprint density at radius 1 is 1.03 bits per heavy atom. The van der Waals surface area contributed by atoms with Crippen LogP contribution in [0.4, 0.5) is 4.79 Å². The standard InChI is InChI=1S/C27H34N2O6/c1-27(2,3)35-25(32)22-15-10-16-29(22)24(31)23(30)21(17-19-11-6-4-7-12-19)28-26(33)34-18-20-13-8-5-9-14-20/h4-9,11-14,21-23,30H,10,15-18H2,1-3H3,(H,28,33)/t21?,22-,23?/m0/s1. The number of amides is 2. The van der Waals surface area contributed by atoms with E-state index in [9.17, 15) is 19.5 Å². The molecule has 3 atom stereocenters. The molecule has 188 valence electrons. The number of nitrogens with zero attached hydrogens (tertiary/aromatic N) is 1. The van der Waals surface area contributed by atoms with Gasteiger partial charge in [-0.05, 0) is 51.2 Å². The van der Waals surface area contributed by atoms with Crippen molar-refractivity contribution in [1.82, 2.24) is 10.2 Å². The van der Waals surface area contributed by atoms with Gasteiger partial charge in [-0.25, -0.2) is 9.59 Å². The first-order chi connectivity index (χ1) is 16.6. The number of carbonyl (C=O) groups excluding carboxylic acids is 3. The number of esters is 1. The van der Waals surface area contributed by atoms with E-state index in [1.807, 2.05) is 60.7 Å². The van der Waals surface area contributed by atoms with Crippen molar-refractivity contribution < 1.29 is 29.0 Å². The first-order valence-corrected chi connectivity index (χ1v) is 11.9. The number of hydrogen-bond donors (Lipinski definition) is 2. The lowest BCUT2D eigenvalue weighted by Crippen LogP contribution is -2.55. The SMILES string of the molecule is CC(C)(C)OC(=O)[C@@H]1CCCN1C(=O)C(O)C(Cc1ccccc1)NC(=O)OCc1ccccc1. The Balaban J connectivity index is 1.71. The van der Waals surface area contributed by atoms with E-state index < -0.39 is 41.8 Å². The molecule has 0 radical (unpaired) electrons. The van der Waals surface area contributed by atoms with Crippen LogP contribution >= 0.6 is 0 Å². The van der Waals surface area contributed by atoms with Crippen molar-refractivity contribution in [2.24, 2.45) is 0 Å². The molecule has 0 bridgehead atoms. The van der Waals surface area contributed by atoms with Crippen molar-refractivity contribution in [3.63, 3.8) is 0 Å². The summed E-state index contributed by atoms with van der Waals surface area (Å²) in [6.45, 7) is 5.68. The molecule has 2 N–H and O–H groups in total. The van der Waals surface area contributed by atoms with Crippen LogP contribution in [0.5, 0.6) is 0 Å². The van der Waals surface area contributed by atoms with Crippen LogP contribution < -0.4 is 5.32 Å². The topological polar surface area (TPSA) is 105 Å². The summed E-state index contributed by atoms with van der Waals surface area (Å²) in [6, 6.07) is 16.7. The van der Waals surface area contributed by atoms with Crippen LogP contribution in [-0.4, -0.2) is 58.3 Å². The lowest BCUT2D eigenvalue weighted by molar-refractivity contribution is -0.165. The molecule has 35 heavy (non-hydrogen) atoms. The van der Waals surface area contributed by atoms with Crippen LogP contribution in [0, 0.1) is 0 Å². The average Bonchev–Trinajstić information content (AvgIpc) is 3.32. The smallest absolute Gasteiger partial charge is 0.407 e. The number of rotatable bonds is 8. The molecule has 3 rings (SSSR count). The summed E-state index contributed by atoms with van der Waals surface area (Å²) in [4.78, 5) is 39.9. The largest absolute Gasteiger partial charge is 0.458 e. The molecule has 1 aliphatic rings. The summed E-state index contributed by atoms with van der Waals surface area (Å²) in [6.07, 6.45) is -1.02. The van der Waals surface area contributed by atoms with Crippen LogP contribution in [-0.2, 0) is 32.1 Å². The van der Waals surface area contributed by atoms with E-state index in [1.165, 1.54) is 4.90 Å². The zero-order valence-electron chi connectivity index (χ0n) is 20.5. The minimum Gasteiger partial charge on any atom is -0.458 e. The Kier molecular flexibility index (Phi) is 8.87. The van der Waals surface area contributed by atoms with Gasteiger partial charge in [0.1, 0.15) is 18.2 Å². The monoisotopic (exact) mass is 482 g/mol. The third kappa shape index (κ3) is 7.82. The Bertz CT molecular complexity index is 990. The first-order valence-electron chi connectivity index (χ1n) is 11.9. The van der Waals surface area contributed by atoms with Crippen LogP contribution in [0.25, 0.3) is 0 Å². The van der Waals surface area contributed by atoms with Gasteiger partial charge < -0.3 is 24.8 Å². The summed E-state index contributed by atoms with van der Waals surface area (Å²) in [7, 11) is 0. The Labute approximate surface area is 206 Å². The summed E-state index contributed by atoms with van der Waals surface area (Å²) < 4.78 is 10.8. The predicted octanol–water partition coefficient (Wildman–Crippen LogP) is 3.22. The second-order valence-electron chi connectivity index (χ2n) is 9.67. The van der Waals surface area contributed by atoms with Gasteiger partial charge in [-0.2, -0.15) is 0 Å². The highest BCUT2D eigenvalue weighted by molar-refractivity contribution is 5.88. The van der Waals surface area contributed by atoms with Gasteiger partial charge in [0.2, 0.25) is 0 Å². The van der Waals surface area contributed by atoms with Gasteiger partial charge >= 0.3 is 12.1 Å². The molecule has 2 amide bonds. The van der Waals surface area contributed by atoms with Crippen molar-refractivity contribution in [3.8, 4) is 0 Å². The lowest BCUT2D eigenvalue weighted by Gasteiger charge is -2.31. The van der Waals surface area contributed by atoms with Crippen LogP contribution in [0.3, 0.4) is 0 Å². The van der Waals surface area contributed by atoms with E-state index in [1.54, 1.807) is 20.8 Å². The van der Waals surface area contributed by atoms with Crippen molar-refractivity contribution in [2.45, 2.75) is 70.4 Å². The van der Waals surface area contributed by atoms with Crippen molar-refractivity contribution in [3.05, 3.63) is 71.8 Å². The van der Waals surface area contributed by atoms with Crippen molar-refractivity contribution in [2.75, 3.05) is 6.54 Å². The second-order valence-corrected chi connectivity index (χ2v) is 9.67. The van der Waals surface area contributed by atoms with Gasteiger partial charge in [-0.15, -0.1) is 0 Å². The molecule has 2 aromatic rings. The fourth-order valence-corrected chi connectivity index (χ4v) is 4.01. The fourth-order valence-electron chi connectivity index (χ4n) is 4.01. The maximum atomic E-state index is 13.3. The summed E-state index contributed by atoms with van der Waals surface area (Å²) in [5, 5.41) is 13.7. The maximum absolute atomic E-state index is 13.3. The summed E-state index contributed by atoms with van der Waals surface area (Å²) >= 11 is 0. The quantitative estimate of drug-likeness (QED) is 0.560. The summed E-state index contributed by atoms with van der Waals surface area (Å²) in [5.74, 6) is -1.12. The Morgan fingerprint density at radius 3 is 2.23 bits per heavy atom. The van der Waals surface area contributed by atoms with E-state index in [2.05, 4.69) is 5.32 Å². The van der Waals surface area contributed by atoms with E-state index in [0.29, 0.717) is 19.4 Å². The minimum absolute atomic E-state index is 0.0572. The van der Waals surface area contributed by atoms with Gasteiger partial charge in [0.25, 0.3) is 5.91 Å². The molecule has 1 heterocycles. The molecule has 8 heteroatoms. The third-order valence-corrected chi connectivity index (χ3v) is 5.66. The van der Waals surface area contributed by atoms with E-state index in [0.717, 1.165) is 11.1 Å². The average molecular weight is 483 g/mol. The van der Waals surface area contributed by atoms with E-state index in [4.69, 9.17) is 9.47 Å². The second kappa shape index (κ2) is 11.8. The number of likely N-dealkylation sites (tertiary alicyclic amines) is 1. The van der Waals surface area contributed by atoms with Crippen LogP contribution in [0.15, 0.2) is 60.7 Å². The number of ether oxygens (including phenoxy) is 2. The first kappa shape index (κ1) is 26.2. The molecule has 0 aliphatic carbocycles. The minimum atomic E-state index is -1.57. The normalized spacial score (nSPS) is 17.4. The number of benzene rings is 2. The number of aliphatic hydroxyl groups is 1. The van der Waals surface area contributed by atoms with Crippen molar-refractivity contribution in [1.29, 1.82) is 0 Å². The van der Waals surface area contributed by atoms with Gasteiger partial charge in [0.05, 0.1) is 6.04 Å². The van der Waals surface area contributed by atoms with Crippen molar-refractivity contribution >= 4 is 18.0 Å². The van der Waals surface area contributed by atoms with Gasteiger partial charge in [-0.1, -0.05) is 60.7 Å². The highest BCUT2D eigenvalue weighted by Crippen LogP contribution is 2.23. The molecule has 0 aromatic heterocycles. The lowest BCUT2D eigenvalue weighted by atomic mass is 10.00. The van der Waals surface area contributed by atoms with Crippen LogP contribution in [0.1, 0.15) is 44.7 Å². The molecule has 0 spiro atoms. The number of hydrogen-bond acceptors (Lipinski definition) is 6. The maximum Gasteiger partial charge on any atom is 0.407 e. The van der Waals surface area contributed by atoms with Gasteiger partial charge in [-0.3, -0.25) is 4.79 Å². The van der Waals surface area contributed by atoms with E-state index >= 15 is 0 Å². The molecule has 1 saturated heterocycles. The van der Waals surface area contributed by atoms with Gasteiger partial charge in [0, 0.05) is 6.54 Å². The number of aliphatic hydroxyl groups excluding tert-OH is 1. The predicted molar refractivity (Wildman–Crippen MR) is 130 cm³/mol. The Hall–Kier alpha value is -3.39. The summed E-state index contributed by atoms with van der Waals surface area (Å²) in [5.41, 5.74) is 0.960. The highest BCUT2D eigenvalue weighted by atomic mass is 16.6. The zero-order valence-corrected chi connectivity index (χ0v) is 20.5. The fraction of sp³-hybridized carbons (Fsp3) is 0.444. The molecule has 1 aliphatic heterocycles. The number of alkyl carbamates (subject to hydrolysis) is 1. The molecule has 0 saturated carbocycles. The Morgan fingerprint density at radius 2 is 1.63 bits per heavy atom. The molecule has 1 fully saturated rings. The molecule has 8 nitrogen and oxygen atoms in total. The van der Waals surface area contributed by atoms with E-state index in [-0.39, 0.29) is 13.0 Å². The highest BCUT2D eigenvalue weighted by Gasteiger charge is 2.41.